The fraction of sp³-hybridized carbons (Fsp3) is 0.538. The Morgan fingerprint density at radius 3 is 2.80 bits per heavy atom. The van der Waals surface area contributed by atoms with E-state index < -0.39 is 10.7 Å². The molecule has 1 aromatic carbocycles. The molecule has 1 fully saturated rings. The Morgan fingerprint density at radius 2 is 2.15 bits per heavy atom. The molecule has 20 heavy (non-hydrogen) atoms. The third kappa shape index (κ3) is 3.19. The van der Waals surface area contributed by atoms with Crippen LogP contribution in [0.2, 0.25) is 5.02 Å². The van der Waals surface area contributed by atoms with Gasteiger partial charge in [-0.25, -0.2) is 4.39 Å². The van der Waals surface area contributed by atoms with Crippen LogP contribution in [-0.4, -0.2) is 23.2 Å². The Hall–Kier alpha value is -1.40. The van der Waals surface area contributed by atoms with E-state index in [4.69, 9.17) is 11.6 Å². The van der Waals surface area contributed by atoms with Crippen molar-refractivity contribution in [3.05, 3.63) is 33.1 Å². The lowest BCUT2D eigenvalue weighted by atomic mass is 9.97. The zero-order chi connectivity index (χ0) is 14.7. The summed E-state index contributed by atoms with van der Waals surface area (Å²) in [5.74, 6) is -0.320. The van der Waals surface area contributed by atoms with Crippen molar-refractivity contribution in [2.24, 2.45) is 11.8 Å². The Balaban J connectivity index is 2.12. The molecule has 0 amide bonds. The van der Waals surface area contributed by atoms with E-state index in [1.807, 2.05) is 0 Å². The monoisotopic (exact) mass is 302 g/mol. The van der Waals surface area contributed by atoms with E-state index in [0.717, 1.165) is 25.3 Å². The van der Waals surface area contributed by atoms with Crippen LogP contribution in [0.4, 0.5) is 15.8 Å². The van der Waals surface area contributed by atoms with Gasteiger partial charge in [-0.3, -0.25) is 10.1 Å². The summed E-state index contributed by atoms with van der Waals surface area (Å²) in [4.78, 5) is 10.3. The third-order valence-corrected chi connectivity index (χ3v) is 4.13. The number of anilines is 1. The molecule has 0 aromatic heterocycles. The first-order chi connectivity index (χ1) is 9.52. The summed E-state index contributed by atoms with van der Waals surface area (Å²) in [7, 11) is 0. The molecule has 0 spiro atoms. The minimum Gasteiger partial charge on any atom is -0.396 e. The number of nitrogens with one attached hydrogen (secondary N) is 1. The minimum atomic E-state index is -0.807. The summed E-state index contributed by atoms with van der Waals surface area (Å²) in [6.07, 6.45) is 2.99. The highest BCUT2D eigenvalue weighted by Gasteiger charge is 2.27. The zero-order valence-corrected chi connectivity index (χ0v) is 11.6. The lowest BCUT2D eigenvalue weighted by molar-refractivity contribution is -0.384. The van der Waals surface area contributed by atoms with E-state index in [1.54, 1.807) is 0 Å². The standard InChI is InChI=1S/C13H16ClFN2O3/c14-10-4-12(13(17(19)20)5-11(10)15)16-6-8-2-1-3-9(8)7-18/h4-5,8-9,16,18H,1-3,6-7H2. The van der Waals surface area contributed by atoms with Crippen molar-refractivity contribution in [3.63, 3.8) is 0 Å². The predicted octanol–water partition coefficient (Wildman–Crippen LogP) is 3.21. The molecule has 0 saturated heterocycles. The van der Waals surface area contributed by atoms with Crippen molar-refractivity contribution in [1.82, 2.24) is 0 Å². The van der Waals surface area contributed by atoms with Gasteiger partial charge in [-0.2, -0.15) is 0 Å². The summed E-state index contributed by atoms with van der Waals surface area (Å²) in [6, 6.07) is 2.06. The van der Waals surface area contributed by atoms with Crippen LogP contribution >= 0.6 is 11.6 Å². The highest BCUT2D eigenvalue weighted by Crippen LogP contribution is 2.34. The molecule has 2 rings (SSSR count). The predicted molar refractivity (Wildman–Crippen MR) is 74.5 cm³/mol. The Morgan fingerprint density at radius 1 is 1.45 bits per heavy atom. The maximum absolute atomic E-state index is 13.3. The maximum Gasteiger partial charge on any atom is 0.295 e. The highest BCUT2D eigenvalue weighted by atomic mass is 35.5. The fourth-order valence-corrected chi connectivity index (χ4v) is 2.86. The molecule has 7 heteroatoms. The maximum atomic E-state index is 13.3. The quantitative estimate of drug-likeness (QED) is 0.647. The number of benzene rings is 1. The molecule has 0 bridgehead atoms. The van der Waals surface area contributed by atoms with Crippen LogP contribution in [0, 0.1) is 27.8 Å². The third-order valence-electron chi connectivity index (χ3n) is 3.84. The lowest BCUT2D eigenvalue weighted by Crippen LogP contribution is -2.21. The number of aliphatic hydroxyl groups excluding tert-OH is 1. The number of nitro groups is 1. The summed E-state index contributed by atoms with van der Waals surface area (Å²) in [5, 5.41) is 23.0. The molecule has 5 nitrogen and oxygen atoms in total. The van der Waals surface area contributed by atoms with Crippen molar-refractivity contribution in [2.45, 2.75) is 19.3 Å². The molecule has 1 saturated carbocycles. The van der Waals surface area contributed by atoms with Gasteiger partial charge in [0, 0.05) is 13.2 Å². The van der Waals surface area contributed by atoms with Gasteiger partial charge in [0.25, 0.3) is 5.69 Å². The summed E-state index contributed by atoms with van der Waals surface area (Å²) in [6.45, 7) is 0.632. The van der Waals surface area contributed by atoms with Crippen LogP contribution in [0.25, 0.3) is 0 Å². The van der Waals surface area contributed by atoms with Gasteiger partial charge in [0.05, 0.1) is 16.0 Å². The SMILES string of the molecule is O=[N+]([O-])c1cc(F)c(Cl)cc1NCC1CCCC1CO. The van der Waals surface area contributed by atoms with E-state index in [1.165, 1.54) is 6.07 Å². The van der Waals surface area contributed by atoms with Gasteiger partial charge in [0.2, 0.25) is 0 Å². The van der Waals surface area contributed by atoms with Gasteiger partial charge >= 0.3 is 0 Å². The van der Waals surface area contributed by atoms with Crippen LogP contribution in [0.1, 0.15) is 19.3 Å². The van der Waals surface area contributed by atoms with Crippen LogP contribution in [-0.2, 0) is 0 Å². The molecular formula is C13H16ClFN2O3. The molecule has 0 aliphatic heterocycles. The van der Waals surface area contributed by atoms with E-state index in [2.05, 4.69) is 5.32 Å². The van der Waals surface area contributed by atoms with Crippen LogP contribution in [0.5, 0.6) is 0 Å². The number of nitro benzene ring substituents is 1. The average molecular weight is 303 g/mol. The fourth-order valence-electron chi connectivity index (χ4n) is 2.69. The van der Waals surface area contributed by atoms with Gasteiger partial charge < -0.3 is 10.4 Å². The largest absolute Gasteiger partial charge is 0.396 e. The molecule has 0 heterocycles. The Labute approximate surface area is 120 Å². The molecular weight excluding hydrogens is 287 g/mol. The number of nitrogens with zero attached hydrogens (tertiary/aromatic N) is 1. The average Bonchev–Trinajstić information content (AvgIpc) is 2.86. The molecule has 1 aliphatic rings. The molecule has 0 radical (unpaired) electrons. The Kier molecular flexibility index (Phi) is 4.77. The van der Waals surface area contributed by atoms with Crippen LogP contribution < -0.4 is 5.32 Å². The second-order valence-corrected chi connectivity index (χ2v) is 5.46. The van der Waals surface area contributed by atoms with Gasteiger partial charge in [-0.1, -0.05) is 18.0 Å². The van der Waals surface area contributed by atoms with Crippen molar-refractivity contribution < 1.29 is 14.4 Å². The van der Waals surface area contributed by atoms with Gasteiger partial charge in [-0.05, 0) is 30.7 Å². The first-order valence-corrected chi connectivity index (χ1v) is 6.89. The van der Waals surface area contributed by atoms with E-state index in [0.29, 0.717) is 6.54 Å². The number of hydrogen-bond donors (Lipinski definition) is 2. The summed E-state index contributed by atoms with van der Waals surface area (Å²) >= 11 is 5.66. The first kappa shape index (κ1) is 15.0. The number of halogens is 2. The van der Waals surface area contributed by atoms with Crippen LogP contribution in [0.15, 0.2) is 12.1 Å². The van der Waals surface area contributed by atoms with Gasteiger partial charge in [0.1, 0.15) is 11.5 Å². The highest BCUT2D eigenvalue weighted by molar-refractivity contribution is 6.31. The first-order valence-electron chi connectivity index (χ1n) is 6.51. The zero-order valence-electron chi connectivity index (χ0n) is 10.8. The number of aliphatic hydroxyl groups is 1. The Bertz CT molecular complexity index is 513. The van der Waals surface area contributed by atoms with Crippen molar-refractivity contribution >= 4 is 23.0 Å². The molecule has 2 N–H and O–H groups in total. The topological polar surface area (TPSA) is 75.4 Å². The van der Waals surface area contributed by atoms with E-state index in [9.17, 15) is 19.6 Å². The lowest BCUT2D eigenvalue weighted by Gasteiger charge is -2.18. The number of hydrogen-bond acceptors (Lipinski definition) is 4. The second kappa shape index (κ2) is 6.37. The summed E-state index contributed by atoms with van der Waals surface area (Å²) in [5.41, 5.74) is -0.115. The van der Waals surface area contributed by atoms with Gasteiger partial charge in [-0.15, -0.1) is 0 Å². The summed E-state index contributed by atoms with van der Waals surface area (Å²) < 4.78 is 13.3. The molecule has 2 atom stereocenters. The van der Waals surface area contributed by atoms with Gasteiger partial charge in [0.15, 0.2) is 0 Å². The van der Waals surface area contributed by atoms with Crippen molar-refractivity contribution in [3.8, 4) is 0 Å². The number of rotatable bonds is 5. The molecule has 110 valence electrons. The van der Waals surface area contributed by atoms with Crippen molar-refractivity contribution in [1.29, 1.82) is 0 Å². The van der Waals surface area contributed by atoms with E-state index in [-0.39, 0.29) is 34.8 Å². The van der Waals surface area contributed by atoms with Crippen molar-refractivity contribution in [2.75, 3.05) is 18.5 Å². The molecule has 1 aromatic rings. The second-order valence-electron chi connectivity index (χ2n) is 5.06. The minimum absolute atomic E-state index is 0.124. The molecule has 1 aliphatic carbocycles. The normalized spacial score (nSPS) is 21.9. The van der Waals surface area contributed by atoms with Crippen LogP contribution in [0.3, 0.4) is 0 Å². The smallest absolute Gasteiger partial charge is 0.295 e. The molecule has 2 unspecified atom stereocenters. The van der Waals surface area contributed by atoms with E-state index >= 15 is 0 Å².